The van der Waals surface area contributed by atoms with Gasteiger partial charge in [-0.3, -0.25) is 4.79 Å². The third-order valence-electron chi connectivity index (χ3n) is 2.28. The van der Waals surface area contributed by atoms with E-state index in [-0.39, 0.29) is 6.42 Å². The van der Waals surface area contributed by atoms with Gasteiger partial charge in [-0.05, 0) is 37.1 Å². The number of aliphatic carboxylic acids is 1. The van der Waals surface area contributed by atoms with E-state index < -0.39 is 5.97 Å². The van der Waals surface area contributed by atoms with Crippen molar-refractivity contribution in [1.82, 2.24) is 0 Å². The van der Waals surface area contributed by atoms with Crippen LogP contribution in [0.5, 0.6) is 0 Å². The number of benzene rings is 1. The van der Waals surface area contributed by atoms with E-state index in [1.165, 1.54) is 0 Å². The fourth-order valence-electron chi connectivity index (χ4n) is 1.45. The van der Waals surface area contributed by atoms with Gasteiger partial charge in [-0.15, -0.1) is 0 Å². The maximum absolute atomic E-state index is 10.7. The van der Waals surface area contributed by atoms with Gasteiger partial charge in [-0.1, -0.05) is 23.2 Å². The molecule has 1 rings (SSSR count). The Balaban J connectivity index is 3.18. The molecule has 0 heterocycles. The highest BCUT2D eigenvalue weighted by Crippen LogP contribution is 2.27. The molecule has 0 spiro atoms. The van der Waals surface area contributed by atoms with Gasteiger partial charge in [0, 0.05) is 0 Å². The standard InChI is InChI=1S/C12H14ClNO2/c1-7(2)9(6-12(15)16)8-3-4-10(13)11(14)5-8/h3-5H,6,14H2,1-2H3,(H,15,16). The van der Waals surface area contributed by atoms with E-state index in [2.05, 4.69) is 0 Å². The predicted octanol–water partition coefficient (Wildman–Crippen LogP) is 3.19. The molecule has 0 saturated carbocycles. The number of carboxylic acids is 1. The van der Waals surface area contributed by atoms with Crippen molar-refractivity contribution in [2.45, 2.75) is 20.3 Å². The van der Waals surface area contributed by atoms with Gasteiger partial charge in [0.05, 0.1) is 17.1 Å². The first kappa shape index (κ1) is 12.6. The Labute approximate surface area is 99.5 Å². The minimum absolute atomic E-state index is 0.0105. The van der Waals surface area contributed by atoms with Crippen molar-refractivity contribution in [2.75, 3.05) is 5.73 Å². The maximum Gasteiger partial charge on any atom is 0.307 e. The van der Waals surface area contributed by atoms with Crippen molar-refractivity contribution in [3.8, 4) is 0 Å². The Morgan fingerprint density at radius 2 is 2.06 bits per heavy atom. The third-order valence-corrected chi connectivity index (χ3v) is 2.62. The lowest BCUT2D eigenvalue weighted by molar-refractivity contribution is -0.135. The molecule has 0 saturated heterocycles. The zero-order valence-electron chi connectivity index (χ0n) is 9.25. The quantitative estimate of drug-likeness (QED) is 0.797. The molecule has 3 N–H and O–H groups in total. The second kappa shape index (κ2) is 5.03. The van der Waals surface area contributed by atoms with E-state index in [1.54, 1.807) is 18.2 Å². The van der Waals surface area contributed by atoms with Crippen LogP contribution in [0.2, 0.25) is 5.02 Å². The fraction of sp³-hybridized carbons (Fsp3) is 0.250. The molecule has 0 atom stereocenters. The topological polar surface area (TPSA) is 63.3 Å². The van der Waals surface area contributed by atoms with Crippen molar-refractivity contribution in [1.29, 1.82) is 0 Å². The van der Waals surface area contributed by atoms with Gasteiger partial charge in [-0.2, -0.15) is 0 Å². The molecule has 0 aliphatic heterocycles. The van der Waals surface area contributed by atoms with Crippen molar-refractivity contribution in [3.63, 3.8) is 0 Å². The SMILES string of the molecule is CC(C)=C(CC(=O)O)c1ccc(Cl)c(N)c1. The molecule has 1 aromatic rings. The minimum Gasteiger partial charge on any atom is -0.481 e. The molecular formula is C12H14ClNO2. The largest absolute Gasteiger partial charge is 0.481 e. The van der Waals surface area contributed by atoms with Crippen LogP contribution < -0.4 is 5.73 Å². The van der Waals surface area contributed by atoms with Gasteiger partial charge in [0.1, 0.15) is 0 Å². The number of rotatable bonds is 3. The average molecular weight is 240 g/mol. The van der Waals surface area contributed by atoms with Crippen LogP contribution >= 0.6 is 11.6 Å². The van der Waals surface area contributed by atoms with Gasteiger partial charge in [0.25, 0.3) is 0 Å². The number of hydrogen-bond acceptors (Lipinski definition) is 2. The van der Waals surface area contributed by atoms with E-state index >= 15 is 0 Å². The monoisotopic (exact) mass is 239 g/mol. The van der Waals surface area contributed by atoms with Crippen LogP contribution in [0.4, 0.5) is 5.69 Å². The molecule has 3 nitrogen and oxygen atoms in total. The van der Waals surface area contributed by atoms with Gasteiger partial charge < -0.3 is 10.8 Å². The van der Waals surface area contributed by atoms with E-state index in [1.807, 2.05) is 13.8 Å². The van der Waals surface area contributed by atoms with Crippen molar-refractivity contribution in [3.05, 3.63) is 34.4 Å². The summed E-state index contributed by atoms with van der Waals surface area (Å²) >= 11 is 5.81. The van der Waals surface area contributed by atoms with Crippen molar-refractivity contribution in [2.24, 2.45) is 0 Å². The summed E-state index contributed by atoms with van der Waals surface area (Å²) in [5.41, 5.74) is 8.69. The van der Waals surface area contributed by atoms with Crippen LogP contribution in [0, 0.1) is 0 Å². The van der Waals surface area contributed by atoms with Crippen LogP contribution in [-0.2, 0) is 4.79 Å². The highest BCUT2D eigenvalue weighted by Gasteiger charge is 2.09. The van der Waals surface area contributed by atoms with Crippen LogP contribution in [0.3, 0.4) is 0 Å². The van der Waals surface area contributed by atoms with E-state index in [0.29, 0.717) is 10.7 Å². The zero-order valence-corrected chi connectivity index (χ0v) is 10.0. The Morgan fingerprint density at radius 3 is 2.50 bits per heavy atom. The minimum atomic E-state index is -0.857. The smallest absolute Gasteiger partial charge is 0.307 e. The predicted molar refractivity (Wildman–Crippen MR) is 66.4 cm³/mol. The highest BCUT2D eigenvalue weighted by molar-refractivity contribution is 6.33. The molecule has 0 unspecified atom stereocenters. The van der Waals surface area contributed by atoms with Gasteiger partial charge >= 0.3 is 5.97 Å². The second-order valence-electron chi connectivity index (χ2n) is 3.79. The number of nitrogens with two attached hydrogens (primary N) is 1. The Bertz CT molecular complexity index is 448. The molecule has 16 heavy (non-hydrogen) atoms. The third kappa shape index (κ3) is 3.00. The van der Waals surface area contributed by atoms with Crippen LogP contribution in [-0.4, -0.2) is 11.1 Å². The molecule has 0 amide bonds. The fourth-order valence-corrected chi connectivity index (χ4v) is 1.57. The molecule has 0 bridgehead atoms. The molecule has 0 aliphatic carbocycles. The first-order valence-electron chi connectivity index (χ1n) is 4.85. The summed E-state index contributed by atoms with van der Waals surface area (Å²) in [6.45, 7) is 3.76. The van der Waals surface area contributed by atoms with E-state index in [9.17, 15) is 4.79 Å². The number of carbonyl (C=O) groups is 1. The lowest BCUT2D eigenvalue weighted by Crippen LogP contribution is -1.99. The second-order valence-corrected chi connectivity index (χ2v) is 4.19. The number of nitrogen functional groups attached to an aromatic ring is 1. The average Bonchev–Trinajstić information content (AvgIpc) is 2.18. The van der Waals surface area contributed by atoms with E-state index in [4.69, 9.17) is 22.4 Å². The van der Waals surface area contributed by atoms with Gasteiger partial charge in [-0.25, -0.2) is 0 Å². The van der Waals surface area contributed by atoms with Crippen LogP contribution in [0.15, 0.2) is 23.8 Å². The van der Waals surface area contributed by atoms with Crippen LogP contribution in [0.1, 0.15) is 25.8 Å². The van der Waals surface area contributed by atoms with Crippen molar-refractivity contribution < 1.29 is 9.90 Å². The summed E-state index contributed by atoms with van der Waals surface area (Å²) in [6.07, 6.45) is -0.0105. The van der Waals surface area contributed by atoms with Crippen molar-refractivity contribution >= 4 is 28.8 Å². The number of allylic oxidation sites excluding steroid dienone is 1. The Morgan fingerprint density at radius 1 is 1.44 bits per heavy atom. The first-order chi connectivity index (χ1) is 7.41. The summed E-state index contributed by atoms with van der Waals surface area (Å²) < 4.78 is 0. The highest BCUT2D eigenvalue weighted by atomic mass is 35.5. The molecule has 0 aliphatic rings. The maximum atomic E-state index is 10.7. The van der Waals surface area contributed by atoms with Gasteiger partial charge in [0.2, 0.25) is 0 Å². The lowest BCUT2D eigenvalue weighted by Gasteiger charge is -2.09. The van der Waals surface area contributed by atoms with Crippen LogP contribution in [0.25, 0.3) is 5.57 Å². The Kier molecular flexibility index (Phi) is 3.96. The lowest BCUT2D eigenvalue weighted by atomic mass is 9.98. The normalized spacial score (nSPS) is 9.94. The molecule has 1 aromatic carbocycles. The molecule has 4 heteroatoms. The first-order valence-corrected chi connectivity index (χ1v) is 5.23. The molecular weight excluding hydrogens is 226 g/mol. The van der Waals surface area contributed by atoms with Gasteiger partial charge in [0.15, 0.2) is 0 Å². The summed E-state index contributed by atoms with van der Waals surface area (Å²) in [7, 11) is 0. The number of anilines is 1. The zero-order chi connectivity index (χ0) is 12.3. The molecule has 0 fully saturated rings. The number of carboxylic acid groups (broad SMARTS) is 1. The molecule has 86 valence electrons. The van der Waals surface area contributed by atoms with E-state index in [0.717, 1.165) is 16.7 Å². The number of halogens is 1. The Hall–Kier alpha value is -1.48. The number of hydrogen-bond donors (Lipinski definition) is 2. The molecule has 0 aromatic heterocycles. The summed E-state index contributed by atoms with van der Waals surface area (Å²) in [4.78, 5) is 10.7. The summed E-state index contributed by atoms with van der Waals surface area (Å²) in [5.74, 6) is -0.857. The molecule has 0 radical (unpaired) electrons. The summed E-state index contributed by atoms with van der Waals surface area (Å²) in [6, 6.07) is 5.16. The summed E-state index contributed by atoms with van der Waals surface area (Å²) in [5, 5.41) is 9.31.